The summed E-state index contributed by atoms with van der Waals surface area (Å²) in [6.07, 6.45) is 2.41. The van der Waals surface area contributed by atoms with Crippen LogP contribution in [0.5, 0.6) is 5.75 Å². The standard InChI is InChI=1S/C23H26N2O4/c1-2-13-29-21-8-4-7-20(15-21)22(26)25-11-9-18(10-12-25)19-6-3-5-17(14-19)16-24-23(27)28/h2-8,14-15,18,24H,1,9-13,16H2,(H,27,28). The molecule has 0 saturated carbocycles. The maximum Gasteiger partial charge on any atom is 0.404 e. The Morgan fingerprint density at radius 1 is 1.17 bits per heavy atom. The molecule has 3 rings (SSSR count). The smallest absolute Gasteiger partial charge is 0.404 e. The lowest BCUT2D eigenvalue weighted by Crippen LogP contribution is -2.37. The fraction of sp³-hybridized carbons (Fsp3) is 0.304. The van der Waals surface area contributed by atoms with Crippen molar-refractivity contribution in [2.75, 3.05) is 19.7 Å². The van der Waals surface area contributed by atoms with Crippen molar-refractivity contribution in [2.45, 2.75) is 25.3 Å². The van der Waals surface area contributed by atoms with E-state index in [4.69, 9.17) is 9.84 Å². The minimum Gasteiger partial charge on any atom is -0.490 e. The maximum atomic E-state index is 12.9. The average molecular weight is 394 g/mol. The predicted molar refractivity (Wildman–Crippen MR) is 111 cm³/mol. The van der Waals surface area contributed by atoms with E-state index in [2.05, 4.69) is 24.0 Å². The Kier molecular flexibility index (Phi) is 6.89. The Labute approximate surface area is 170 Å². The van der Waals surface area contributed by atoms with Crippen molar-refractivity contribution >= 4 is 12.0 Å². The highest BCUT2D eigenvalue weighted by Crippen LogP contribution is 2.29. The molecule has 0 radical (unpaired) electrons. The first-order chi connectivity index (χ1) is 14.1. The van der Waals surface area contributed by atoms with Gasteiger partial charge in [-0.15, -0.1) is 0 Å². The Morgan fingerprint density at radius 3 is 2.66 bits per heavy atom. The van der Waals surface area contributed by atoms with Gasteiger partial charge in [-0.05, 0) is 48.1 Å². The largest absolute Gasteiger partial charge is 0.490 e. The summed E-state index contributed by atoms with van der Waals surface area (Å²) in [6.45, 7) is 5.72. The predicted octanol–water partition coefficient (Wildman–Crippen LogP) is 4.04. The molecule has 1 aliphatic rings. The van der Waals surface area contributed by atoms with Crippen molar-refractivity contribution in [3.63, 3.8) is 0 Å². The van der Waals surface area contributed by atoms with Crippen LogP contribution in [0, 0.1) is 0 Å². The number of piperidine rings is 1. The first-order valence-corrected chi connectivity index (χ1v) is 9.75. The zero-order valence-electron chi connectivity index (χ0n) is 16.3. The van der Waals surface area contributed by atoms with Crippen LogP contribution in [-0.4, -0.2) is 41.7 Å². The van der Waals surface area contributed by atoms with Gasteiger partial charge in [0.05, 0.1) is 0 Å². The fourth-order valence-electron chi connectivity index (χ4n) is 3.61. The van der Waals surface area contributed by atoms with E-state index in [0.29, 0.717) is 43.5 Å². The summed E-state index contributed by atoms with van der Waals surface area (Å²) in [4.78, 5) is 25.4. The van der Waals surface area contributed by atoms with Gasteiger partial charge in [0.15, 0.2) is 0 Å². The van der Waals surface area contributed by atoms with E-state index in [9.17, 15) is 9.59 Å². The summed E-state index contributed by atoms with van der Waals surface area (Å²) in [5.74, 6) is 1.05. The van der Waals surface area contributed by atoms with Gasteiger partial charge in [0.1, 0.15) is 12.4 Å². The Morgan fingerprint density at radius 2 is 1.93 bits per heavy atom. The van der Waals surface area contributed by atoms with Crippen LogP contribution < -0.4 is 10.1 Å². The SMILES string of the molecule is C=CCOc1cccc(C(=O)N2CCC(c3cccc(CNC(=O)O)c3)CC2)c1. The number of carboxylic acid groups (broad SMARTS) is 1. The number of likely N-dealkylation sites (tertiary alicyclic amines) is 1. The van der Waals surface area contributed by atoms with E-state index < -0.39 is 6.09 Å². The fourth-order valence-corrected chi connectivity index (χ4v) is 3.61. The second-order valence-electron chi connectivity index (χ2n) is 7.10. The summed E-state index contributed by atoms with van der Waals surface area (Å²) in [5.41, 5.74) is 2.77. The summed E-state index contributed by atoms with van der Waals surface area (Å²) in [6, 6.07) is 15.3. The number of rotatable bonds is 7. The van der Waals surface area contributed by atoms with Gasteiger partial charge < -0.3 is 20.1 Å². The molecule has 1 heterocycles. The van der Waals surface area contributed by atoms with Gasteiger partial charge in [0.2, 0.25) is 0 Å². The Bertz CT molecular complexity index is 873. The van der Waals surface area contributed by atoms with E-state index in [1.54, 1.807) is 12.1 Å². The number of carbonyl (C=O) groups is 2. The molecule has 1 aliphatic heterocycles. The van der Waals surface area contributed by atoms with E-state index in [1.807, 2.05) is 35.2 Å². The van der Waals surface area contributed by atoms with Crippen LogP contribution in [0.3, 0.4) is 0 Å². The van der Waals surface area contributed by atoms with Crippen molar-refractivity contribution in [1.82, 2.24) is 10.2 Å². The average Bonchev–Trinajstić information content (AvgIpc) is 2.76. The molecule has 0 unspecified atom stereocenters. The number of hydrogen-bond donors (Lipinski definition) is 2. The van der Waals surface area contributed by atoms with E-state index in [-0.39, 0.29) is 5.91 Å². The highest BCUT2D eigenvalue weighted by atomic mass is 16.5. The first-order valence-electron chi connectivity index (χ1n) is 9.75. The van der Waals surface area contributed by atoms with Crippen LogP contribution in [0.2, 0.25) is 0 Å². The van der Waals surface area contributed by atoms with Crippen LogP contribution in [0.1, 0.15) is 40.2 Å². The molecule has 2 aromatic carbocycles. The highest BCUT2D eigenvalue weighted by Gasteiger charge is 2.25. The van der Waals surface area contributed by atoms with Gasteiger partial charge in [-0.25, -0.2) is 4.79 Å². The first kappa shape index (κ1) is 20.5. The molecule has 6 heteroatoms. The zero-order valence-corrected chi connectivity index (χ0v) is 16.3. The third kappa shape index (κ3) is 5.60. The van der Waals surface area contributed by atoms with Gasteiger partial charge >= 0.3 is 6.09 Å². The quantitative estimate of drug-likeness (QED) is 0.695. The monoisotopic (exact) mass is 394 g/mol. The van der Waals surface area contributed by atoms with Crippen LogP contribution in [0.4, 0.5) is 4.79 Å². The lowest BCUT2D eigenvalue weighted by atomic mass is 9.88. The van der Waals surface area contributed by atoms with Crippen LogP contribution in [0.25, 0.3) is 0 Å². The molecule has 2 amide bonds. The van der Waals surface area contributed by atoms with Gasteiger partial charge in [0.25, 0.3) is 5.91 Å². The summed E-state index contributed by atoms with van der Waals surface area (Å²) >= 11 is 0. The summed E-state index contributed by atoms with van der Waals surface area (Å²) < 4.78 is 5.52. The molecule has 2 aromatic rings. The molecule has 0 aromatic heterocycles. The topological polar surface area (TPSA) is 78.9 Å². The number of carbonyl (C=O) groups excluding carboxylic acids is 1. The van der Waals surface area contributed by atoms with Crippen molar-refractivity contribution in [1.29, 1.82) is 0 Å². The molecule has 29 heavy (non-hydrogen) atoms. The Hall–Kier alpha value is -3.28. The van der Waals surface area contributed by atoms with Gasteiger partial charge in [-0.3, -0.25) is 4.79 Å². The number of hydrogen-bond acceptors (Lipinski definition) is 3. The van der Waals surface area contributed by atoms with Crippen LogP contribution in [-0.2, 0) is 6.54 Å². The molecule has 1 saturated heterocycles. The van der Waals surface area contributed by atoms with Crippen molar-refractivity contribution in [3.05, 3.63) is 77.9 Å². The molecular weight excluding hydrogens is 368 g/mol. The lowest BCUT2D eigenvalue weighted by molar-refractivity contribution is 0.0712. The third-order valence-electron chi connectivity index (χ3n) is 5.10. The number of benzene rings is 2. The van der Waals surface area contributed by atoms with Crippen molar-refractivity contribution in [3.8, 4) is 5.75 Å². The second-order valence-corrected chi connectivity index (χ2v) is 7.10. The number of nitrogens with one attached hydrogen (secondary N) is 1. The number of nitrogens with zero attached hydrogens (tertiary/aromatic N) is 1. The van der Waals surface area contributed by atoms with E-state index >= 15 is 0 Å². The van der Waals surface area contributed by atoms with Crippen LogP contribution in [0.15, 0.2) is 61.2 Å². The second kappa shape index (κ2) is 9.78. The molecular formula is C23H26N2O4. The van der Waals surface area contributed by atoms with Crippen LogP contribution >= 0.6 is 0 Å². The zero-order chi connectivity index (χ0) is 20.6. The molecule has 2 N–H and O–H groups in total. The molecule has 0 atom stereocenters. The highest BCUT2D eigenvalue weighted by molar-refractivity contribution is 5.94. The molecule has 0 spiro atoms. The van der Waals surface area contributed by atoms with E-state index in [1.165, 1.54) is 5.56 Å². The summed E-state index contributed by atoms with van der Waals surface area (Å²) in [7, 11) is 0. The molecule has 0 bridgehead atoms. The Balaban J connectivity index is 1.59. The third-order valence-corrected chi connectivity index (χ3v) is 5.10. The lowest BCUT2D eigenvalue weighted by Gasteiger charge is -2.32. The van der Waals surface area contributed by atoms with Gasteiger partial charge in [-0.1, -0.05) is 43.0 Å². The molecule has 6 nitrogen and oxygen atoms in total. The molecule has 152 valence electrons. The van der Waals surface area contributed by atoms with Crippen molar-refractivity contribution < 1.29 is 19.4 Å². The maximum absolute atomic E-state index is 12.9. The number of amides is 2. The van der Waals surface area contributed by atoms with Crippen molar-refractivity contribution in [2.24, 2.45) is 0 Å². The number of ether oxygens (including phenoxy) is 1. The normalized spacial score (nSPS) is 14.3. The van der Waals surface area contributed by atoms with E-state index in [0.717, 1.165) is 18.4 Å². The van der Waals surface area contributed by atoms with Gasteiger partial charge in [-0.2, -0.15) is 0 Å². The minimum atomic E-state index is -1.03. The molecule has 1 fully saturated rings. The molecule has 0 aliphatic carbocycles. The summed E-state index contributed by atoms with van der Waals surface area (Å²) in [5, 5.41) is 11.2. The van der Waals surface area contributed by atoms with Gasteiger partial charge in [0, 0.05) is 25.2 Å². The minimum absolute atomic E-state index is 0.0203.